The second kappa shape index (κ2) is 3.18. The molecule has 0 bridgehead atoms. The fraction of sp³-hybridized carbons (Fsp3) is 0.0909. The van der Waals surface area contributed by atoms with Crippen LogP contribution in [0.25, 0.3) is 10.9 Å². The molecule has 2 aromatic rings. The van der Waals surface area contributed by atoms with Crippen LogP contribution in [0, 0.1) is 12.7 Å². The van der Waals surface area contributed by atoms with Crippen LogP contribution >= 0.6 is 0 Å². The Morgan fingerprint density at radius 3 is 2.86 bits per heavy atom. The fourth-order valence-electron chi connectivity index (χ4n) is 1.45. The van der Waals surface area contributed by atoms with Crippen LogP contribution < -0.4 is 0 Å². The van der Waals surface area contributed by atoms with Gasteiger partial charge in [0.1, 0.15) is 11.5 Å². The van der Waals surface area contributed by atoms with Crippen LogP contribution in [0.4, 0.5) is 4.39 Å². The number of pyridine rings is 1. The van der Waals surface area contributed by atoms with Gasteiger partial charge < -0.3 is 0 Å². The van der Waals surface area contributed by atoms with E-state index in [-0.39, 0.29) is 5.82 Å². The molecule has 0 spiro atoms. The van der Waals surface area contributed by atoms with Gasteiger partial charge in [0.25, 0.3) is 0 Å². The summed E-state index contributed by atoms with van der Waals surface area (Å²) in [5, 5.41) is 0.746. The third-order valence-corrected chi connectivity index (χ3v) is 2.12. The molecule has 14 heavy (non-hydrogen) atoms. The number of halogens is 1. The number of carbonyl (C=O) groups is 1. The van der Waals surface area contributed by atoms with Crippen LogP contribution in [0.3, 0.4) is 0 Å². The van der Waals surface area contributed by atoms with Gasteiger partial charge in [-0.1, -0.05) is 0 Å². The Labute approximate surface area is 80.4 Å². The molecule has 0 saturated heterocycles. The number of rotatable bonds is 1. The number of aromatic nitrogens is 1. The van der Waals surface area contributed by atoms with Crippen molar-refractivity contribution in [2.75, 3.05) is 0 Å². The van der Waals surface area contributed by atoms with Gasteiger partial charge in [-0.15, -0.1) is 0 Å². The predicted octanol–water partition coefficient (Wildman–Crippen LogP) is 2.49. The van der Waals surface area contributed by atoms with Crippen molar-refractivity contribution in [3.8, 4) is 0 Å². The molecule has 0 aliphatic carbocycles. The van der Waals surface area contributed by atoms with Crippen molar-refractivity contribution in [1.29, 1.82) is 0 Å². The summed E-state index contributed by atoms with van der Waals surface area (Å²) in [6.07, 6.45) is 0.690. The van der Waals surface area contributed by atoms with Crippen molar-refractivity contribution >= 4 is 17.2 Å². The van der Waals surface area contributed by atoms with Crippen molar-refractivity contribution in [3.05, 3.63) is 41.3 Å². The Kier molecular flexibility index (Phi) is 2.00. The number of hydrogen-bond donors (Lipinski definition) is 0. The zero-order chi connectivity index (χ0) is 10.1. The average Bonchev–Trinajstić information content (AvgIpc) is 2.19. The Morgan fingerprint density at radius 1 is 1.36 bits per heavy atom. The lowest BCUT2D eigenvalue weighted by atomic mass is 10.1. The van der Waals surface area contributed by atoms with Crippen molar-refractivity contribution < 1.29 is 9.18 Å². The number of aryl methyl sites for hydroxylation is 1. The minimum absolute atomic E-state index is 0.291. The van der Waals surface area contributed by atoms with Crippen LogP contribution in [-0.4, -0.2) is 11.3 Å². The van der Waals surface area contributed by atoms with Crippen LogP contribution in [0.15, 0.2) is 24.3 Å². The maximum Gasteiger partial charge on any atom is 0.168 e. The first-order chi connectivity index (χ1) is 6.70. The van der Waals surface area contributed by atoms with Gasteiger partial charge in [0.2, 0.25) is 0 Å². The molecule has 0 amide bonds. The molecule has 1 aromatic carbocycles. The minimum Gasteiger partial charge on any atom is -0.296 e. The van der Waals surface area contributed by atoms with E-state index in [4.69, 9.17) is 0 Å². The van der Waals surface area contributed by atoms with Gasteiger partial charge in [0.05, 0.1) is 5.52 Å². The lowest BCUT2D eigenvalue weighted by molar-refractivity contribution is 0.111. The summed E-state index contributed by atoms with van der Waals surface area (Å²) in [5.41, 5.74) is 1.88. The highest BCUT2D eigenvalue weighted by Crippen LogP contribution is 2.18. The van der Waals surface area contributed by atoms with Crippen molar-refractivity contribution in [3.63, 3.8) is 0 Å². The minimum atomic E-state index is -0.291. The molecule has 70 valence electrons. The van der Waals surface area contributed by atoms with E-state index in [1.807, 2.05) is 6.92 Å². The predicted molar refractivity (Wildman–Crippen MR) is 51.8 cm³/mol. The highest BCUT2D eigenvalue weighted by molar-refractivity contribution is 5.86. The third kappa shape index (κ3) is 1.37. The van der Waals surface area contributed by atoms with E-state index >= 15 is 0 Å². The quantitative estimate of drug-likeness (QED) is 0.645. The van der Waals surface area contributed by atoms with E-state index < -0.39 is 0 Å². The van der Waals surface area contributed by atoms with E-state index in [1.165, 1.54) is 12.1 Å². The summed E-state index contributed by atoms with van der Waals surface area (Å²) < 4.78 is 12.9. The molecular weight excluding hydrogens is 181 g/mol. The molecule has 0 radical (unpaired) electrons. The van der Waals surface area contributed by atoms with E-state index in [2.05, 4.69) is 4.98 Å². The largest absolute Gasteiger partial charge is 0.296 e. The normalized spacial score (nSPS) is 10.4. The molecule has 1 heterocycles. The van der Waals surface area contributed by atoms with E-state index in [0.717, 1.165) is 10.9 Å². The molecule has 1 aromatic heterocycles. The van der Waals surface area contributed by atoms with E-state index in [9.17, 15) is 9.18 Å². The molecular formula is C11H8FNO. The summed E-state index contributed by atoms with van der Waals surface area (Å²) in [5.74, 6) is -0.291. The van der Waals surface area contributed by atoms with Crippen LogP contribution in [0.1, 0.15) is 16.1 Å². The molecule has 2 nitrogen and oxygen atoms in total. The number of aldehydes is 1. The Morgan fingerprint density at radius 2 is 2.14 bits per heavy atom. The summed E-state index contributed by atoms with van der Waals surface area (Å²) in [7, 11) is 0. The van der Waals surface area contributed by atoms with Gasteiger partial charge >= 0.3 is 0 Å². The van der Waals surface area contributed by atoms with Gasteiger partial charge in [-0.25, -0.2) is 9.37 Å². The SMILES string of the molecule is Cc1cc(C=O)nc2ccc(F)cc12. The Balaban J connectivity index is 2.82. The van der Waals surface area contributed by atoms with Crippen LogP contribution in [0.2, 0.25) is 0 Å². The zero-order valence-electron chi connectivity index (χ0n) is 7.62. The lowest BCUT2D eigenvalue weighted by Crippen LogP contribution is -1.91. The summed E-state index contributed by atoms with van der Waals surface area (Å²) >= 11 is 0. The molecule has 0 fully saturated rings. The molecule has 0 saturated carbocycles. The topological polar surface area (TPSA) is 30.0 Å². The first kappa shape index (κ1) is 8.81. The number of fused-ring (bicyclic) bond motifs is 1. The molecule has 0 aliphatic rings. The maximum atomic E-state index is 12.9. The second-order valence-electron chi connectivity index (χ2n) is 3.14. The molecule has 3 heteroatoms. The number of nitrogens with zero attached hydrogens (tertiary/aromatic N) is 1. The van der Waals surface area contributed by atoms with Crippen LogP contribution in [-0.2, 0) is 0 Å². The maximum absolute atomic E-state index is 12.9. The highest BCUT2D eigenvalue weighted by atomic mass is 19.1. The summed E-state index contributed by atoms with van der Waals surface area (Å²) in [4.78, 5) is 14.6. The highest BCUT2D eigenvalue weighted by Gasteiger charge is 2.02. The molecule has 0 N–H and O–H groups in total. The summed E-state index contributed by atoms with van der Waals surface area (Å²) in [6.45, 7) is 1.83. The van der Waals surface area contributed by atoms with Gasteiger partial charge in [0, 0.05) is 5.39 Å². The first-order valence-electron chi connectivity index (χ1n) is 4.23. The van der Waals surface area contributed by atoms with E-state index in [1.54, 1.807) is 12.1 Å². The molecule has 2 rings (SSSR count). The number of carbonyl (C=O) groups excluding carboxylic acids is 1. The first-order valence-corrected chi connectivity index (χ1v) is 4.23. The van der Waals surface area contributed by atoms with Gasteiger partial charge in [-0.3, -0.25) is 4.79 Å². The van der Waals surface area contributed by atoms with Crippen molar-refractivity contribution in [1.82, 2.24) is 4.98 Å². The Hall–Kier alpha value is -1.77. The standard InChI is InChI=1S/C11H8FNO/c1-7-4-9(6-14)13-11-3-2-8(12)5-10(7)11/h2-6H,1H3. The van der Waals surface area contributed by atoms with Gasteiger partial charge in [-0.2, -0.15) is 0 Å². The van der Waals surface area contributed by atoms with E-state index in [0.29, 0.717) is 17.5 Å². The van der Waals surface area contributed by atoms with Crippen LogP contribution in [0.5, 0.6) is 0 Å². The second-order valence-corrected chi connectivity index (χ2v) is 3.14. The molecule has 0 unspecified atom stereocenters. The lowest BCUT2D eigenvalue weighted by Gasteiger charge is -2.02. The fourth-order valence-corrected chi connectivity index (χ4v) is 1.45. The monoisotopic (exact) mass is 189 g/mol. The molecule has 0 aliphatic heterocycles. The van der Waals surface area contributed by atoms with Gasteiger partial charge in [-0.05, 0) is 36.8 Å². The number of benzene rings is 1. The number of hydrogen-bond acceptors (Lipinski definition) is 2. The molecule has 0 atom stereocenters. The Bertz CT molecular complexity index is 508. The van der Waals surface area contributed by atoms with Crippen molar-refractivity contribution in [2.24, 2.45) is 0 Å². The third-order valence-electron chi connectivity index (χ3n) is 2.12. The zero-order valence-corrected chi connectivity index (χ0v) is 7.62. The summed E-state index contributed by atoms with van der Waals surface area (Å²) in [6, 6.07) is 5.98. The van der Waals surface area contributed by atoms with Gasteiger partial charge in [0.15, 0.2) is 6.29 Å². The smallest absolute Gasteiger partial charge is 0.168 e. The average molecular weight is 189 g/mol. The van der Waals surface area contributed by atoms with Crippen molar-refractivity contribution in [2.45, 2.75) is 6.92 Å².